The second-order valence-corrected chi connectivity index (χ2v) is 8.88. The van der Waals surface area contributed by atoms with E-state index < -0.39 is 0 Å². The van der Waals surface area contributed by atoms with Crippen molar-refractivity contribution in [1.29, 1.82) is 0 Å². The van der Waals surface area contributed by atoms with E-state index in [4.69, 9.17) is 4.74 Å². The molecule has 0 aliphatic rings. The molecule has 0 atom stereocenters. The van der Waals surface area contributed by atoms with Crippen molar-refractivity contribution in [1.82, 2.24) is 19.7 Å². The number of rotatable bonds is 9. The van der Waals surface area contributed by atoms with Crippen LogP contribution in [-0.2, 0) is 27.3 Å². The quantitative estimate of drug-likeness (QED) is 0.392. The lowest BCUT2D eigenvalue weighted by Crippen LogP contribution is -2.15. The molecule has 0 aliphatic heterocycles. The SMILES string of the molecule is CCOC(=O)Cc1csc(NC(=O)CSc2nnc(-c3csc(C)c3)n2CC)n1. The van der Waals surface area contributed by atoms with Crippen molar-refractivity contribution in [3.8, 4) is 11.4 Å². The Morgan fingerprint density at radius 2 is 2.07 bits per heavy atom. The number of thiazole rings is 1. The molecule has 0 aliphatic carbocycles. The van der Waals surface area contributed by atoms with E-state index in [2.05, 4.69) is 38.9 Å². The van der Waals surface area contributed by atoms with E-state index in [1.54, 1.807) is 23.6 Å². The fourth-order valence-corrected chi connectivity index (χ4v) is 4.76. The van der Waals surface area contributed by atoms with E-state index in [0.29, 0.717) is 29.1 Å². The molecule has 0 saturated heterocycles. The summed E-state index contributed by atoms with van der Waals surface area (Å²) in [6.07, 6.45) is 0.0966. The molecule has 3 heterocycles. The van der Waals surface area contributed by atoms with Crippen LogP contribution in [0.5, 0.6) is 0 Å². The van der Waals surface area contributed by atoms with Crippen molar-refractivity contribution >= 4 is 51.4 Å². The van der Waals surface area contributed by atoms with Gasteiger partial charge in [0.1, 0.15) is 0 Å². The number of nitrogens with one attached hydrogen (secondary N) is 1. The molecule has 154 valence electrons. The number of ether oxygens (including phenoxy) is 1. The number of anilines is 1. The van der Waals surface area contributed by atoms with Crippen LogP contribution >= 0.6 is 34.4 Å². The summed E-state index contributed by atoms with van der Waals surface area (Å²) in [4.78, 5) is 29.3. The van der Waals surface area contributed by atoms with Crippen molar-refractivity contribution in [2.45, 2.75) is 38.9 Å². The zero-order chi connectivity index (χ0) is 20.8. The van der Waals surface area contributed by atoms with E-state index in [9.17, 15) is 9.59 Å². The predicted octanol–water partition coefficient (Wildman–Crippen LogP) is 3.63. The van der Waals surface area contributed by atoms with Crippen molar-refractivity contribution in [3.05, 3.63) is 27.4 Å². The van der Waals surface area contributed by atoms with Crippen molar-refractivity contribution in [2.75, 3.05) is 17.7 Å². The molecule has 0 radical (unpaired) electrons. The fraction of sp³-hybridized carbons (Fsp3) is 0.389. The molecule has 0 unspecified atom stereocenters. The lowest BCUT2D eigenvalue weighted by Gasteiger charge is -2.06. The number of carbonyl (C=O) groups is 2. The molecule has 1 N–H and O–H groups in total. The van der Waals surface area contributed by atoms with Crippen LogP contribution in [0.2, 0.25) is 0 Å². The van der Waals surface area contributed by atoms with Gasteiger partial charge in [-0.1, -0.05) is 11.8 Å². The van der Waals surface area contributed by atoms with Gasteiger partial charge in [-0.05, 0) is 26.8 Å². The average Bonchev–Trinajstić information content (AvgIpc) is 3.40. The number of hydrogen-bond donors (Lipinski definition) is 1. The Hall–Kier alpha value is -2.24. The molecular weight excluding hydrogens is 430 g/mol. The largest absolute Gasteiger partial charge is 0.466 e. The van der Waals surface area contributed by atoms with Gasteiger partial charge in [-0.3, -0.25) is 9.59 Å². The van der Waals surface area contributed by atoms with Crippen LogP contribution in [0.4, 0.5) is 5.13 Å². The molecule has 3 aromatic heterocycles. The molecule has 0 spiro atoms. The lowest BCUT2D eigenvalue weighted by molar-refractivity contribution is -0.142. The second-order valence-electron chi connectivity index (χ2n) is 5.96. The zero-order valence-electron chi connectivity index (χ0n) is 16.3. The van der Waals surface area contributed by atoms with Gasteiger partial charge < -0.3 is 14.6 Å². The van der Waals surface area contributed by atoms with Crippen LogP contribution in [0.3, 0.4) is 0 Å². The maximum Gasteiger partial charge on any atom is 0.311 e. The molecule has 29 heavy (non-hydrogen) atoms. The van der Waals surface area contributed by atoms with E-state index in [1.807, 2.05) is 11.5 Å². The molecule has 3 rings (SSSR count). The van der Waals surface area contributed by atoms with Crippen LogP contribution in [0.15, 0.2) is 22.0 Å². The molecule has 0 fully saturated rings. The number of aryl methyl sites for hydroxylation is 1. The minimum Gasteiger partial charge on any atom is -0.466 e. The summed E-state index contributed by atoms with van der Waals surface area (Å²) in [7, 11) is 0. The van der Waals surface area contributed by atoms with Crippen LogP contribution < -0.4 is 5.32 Å². The van der Waals surface area contributed by atoms with Gasteiger partial charge in [0.2, 0.25) is 5.91 Å². The Kier molecular flexibility index (Phi) is 7.40. The highest BCUT2D eigenvalue weighted by Gasteiger charge is 2.16. The van der Waals surface area contributed by atoms with E-state index in [0.717, 1.165) is 11.4 Å². The van der Waals surface area contributed by atoms with Crippen molar-refractivity contribution < 1.29 is 14.3 Å². The first-order chi connectivity index (χ1) is 14.0. The first-order valence-electron chi connectivity index (χ1n) is 9.01. The topological polar surface area (TPSA) is 99.0 Å². The van der Waals surface area contributed by atoms with Gasteiger partial charge in [0.25, 0.3) is 0 Å². The third-order valence-corrected chi connectivity index (χ3v) is 6.42. The summed E-state index contributed by atoms with van der Waals surface area (Å²) < 4.78 is 6.90. The van der Waals surface area contributed by atoms with Gasteiger partial charge >= 0.3 is 5.97 Å². The van der Waals surface area contributed by atoms with E-state index >= 15 is 0 Å². The number of carbonyl (C=O) groups excluding carboxylic acids is 2. The number of amides is 1. The summed E-state index contributed by atoms with van der Waals surface area (Å²) in [6.45, 7) is 6.88. The summed E-state index contributed by atoms with van der Waals surface area (Å²) in [5.41, 5.74) is 1.62. The Morgan fingerprint density at radius 3 is 2.76 bits per heavy atom. The highest BCUT2D eigenvalue weighted by Crippen LogP contribution is 2.27. The standard InChI is InChI=1S/C18H21N5O3S3/c1-4-23-16(12-6-11(3)27-8-12)21-22-18(23)29-10-14(24)20-17-19-13(9-28-17)7-15(25)26-5-2/h6,8-9H,4-5,7,10H2,1-3H3,(H,19,20,24). The summed E-state index contributed by atoms with van der Waals surface area (Å²) >= 11 is 4.28. The van der Waals surface area contributed by atoms with Crippen molar-refractivity contribution in [2.24, 2.45) is 0 Å². The monoisotopic (exact) mass is 451 g/mol. The van der Waals surface area contributed by atoms with Gasteiger partial charge in [-0.25, -0.2) is 4.98 Å². The minimum atomic E-state index is -0.332. The van der Waals surface area contributed by atoms with Crippen molar-refractivity contribution in [3.63, 3.8) is 0 Å². The van der Waals surface area contributed by atoms with Gasteiger partial charge in [0, 0.05) is 27.7 Å². The Labute approximate surface area is 180 Å². The van der Waals surface area contributed by atoms with Gasteiger partial charge in [0.15, 0.2) is 16.1 Å². The van der Waals surface area contributed by atoms with Gasteiger partial charge in [-0.15, -0.1) is 32.9 Å². The molecule has 0 saturated carbocycles. The number of esters is 1. The van der Waals surface area contributed by atoms with Crippen LogP contribution in [0.1, 0.15) is 24.4 Å². The molecule has 8 nitrogen and oxygen atoms in total. The highest BCUT2D eigenvalue weighted by molar-refractivity contribution is 7.99. The fourth-order valence-electron chi connectivity index (χ4n) is 2.55. The first-order valence-corrected chi connectivity index (χ1v) is 11.8. The Morgan fingerprint density at radius 1 is 1.24 bits per heavy atom. The van der Waals surface area contributed by atoms with Crippen LogP contribution in [0.25, 0.3) is 11.4 Å². The number of thiophene rings is 1. The number of aromatic nitrogens is 4. The molecule has 0 aromatic carbocycles. The maximum absolute atomic E-state index is 12.3. The predicted molar refractivity (Wildman–Crippen MR) is 116 cm³/mol. The number of thioether (sulfide) groups is 1. The number of nitrogens with zero attached hydrogens (tertiary/aromatic N) is 4. The summed E-state index contributed by atoms with van der Waals surface area (Å²) in [5, 5.41) is 16.2. The minimum absolute atomic E-state index is 0.0966. The highest BCUT2D eigenvalue weighted by atomic mass is 32.2. The summed E-state index contributed by atoms with van der Waals surface area (Å²) in [5.74, 6) is 0.476. The molecule has 1 amide bonds. The first kappa shape index (κ1) is 21.5. The maximum atomic E-state index is 12.3. The van der Waals surface area contributed by atoms with E-state index in [-0.39, 0.29) is 24.1 Å². The molecule has 3 aromatic rings. The third kappa shape index (κ3) is 5.64. The van der Waals surface area contributed by atoms with Gasteiger partial charge in [0.05, 0.1) is 24.5 Å². The third-order valence-electron chi connectivity index (χ3n) is 3.78. The Balaban J connectivity index is 1.57. The molecule has 11 heteroatoms. The lowest BCUT2D eigenvalue weighted by atomic mass is 10.3. The van der Waals surface area contributed by atoms with Crippen LogP contribution in [-0.4, -0.2) is 44.0 Å². The second kappa shape index (κ2) is 9.99. The average molecular weight is 452 g/mol. The number of hydrogen-bond acceptors (Lipinski definition) is 9. The zero-order valence-corrected chi connectivity index (χ0v) is 18.7. The van der Waals surface area contributed by atoms with Gasteiger partial charge in [-0.2, -0.15) is 0 Å². The normalized spacial score (nSPS) is 10.9. The smallest absolute Gasteiger partial charge is 0.311 e. The van der Waals surface area contributed by atoms with Crippen LogP contribution in [0, 0.1) is 6.92 Å². The molecular formula is C18H21N5O3S3. The van der Waals surface area contributed by atoms with E-state index in [1.165, 1.54) is 28.0 Å². The Bertz CT molecular complexity index is 995. The molecule has 0 bridgehead atoms. The summed E-state index contributed by atoms with van der Waals surface area (Å²) in [6, 6.07) is 2.08.